The molecular formula is C20H41NaO4S. The van der Waals surface area contributed by atoms with Gasteiger partial charge in [-0.25, -0.2) is 8.42 Å². The van der Waals surface area contributed by atoms with Crippen molar-refractivity contribution in [3.05, 3.63) is 0 Å². The summed E-state index contributed by atoms with van der Waals surface area (Å²) in [4.78, 5) is 0. The minimum absolute atomic E-state index is 0. The molecule has 0 aromatic heterocycles. The molecule has 6 heteroatoms. The van der Waals surface area contributed by atoms with E-state index in [0.717, 1.165) is 25.7 Å². The van der Waals surface area contributed by atoms with E-state index in [1.807, 2.05) is 6.92 Å². The summed E-state index contributed by atoms with van der Waals surface area (Å²) in [6, 6.07) is 0. The predicted molar refractivity (Wildman–Crippen MR) is 105 cm³/mol. The average Bonchev–Trinajstić information content (AvgIpc) is 2.54. The Morgan fingerprint density at radius 3 is 1.58 bits per heavy atom. The Morgan fingerprint density at radius 2 is 1.15 bits per heavy atom. The van der Waals surface area contributed by atoms with Crippen LogP contribution >= 0.6 is 0 Å². The van der Waals surface area contributed by atoms with Crippen LogP contribution in [0.25, 0.3) is 0 Å². The van der Waals surface area contributed by atoms with Gasteiger partial charge in [0.25, 0.3) is 0 Å². The van der Waals surface area contributed by atoms with Crippen molar-refractivity contribution in [2.45, 2.75) is 128 Å². The second-order valence-electron chi connectivity index (χ2n) is 7.46. The summed E-state index contributed by atoms with van der Waals surface area (Å²) in [5.74, 6) is 0. The first-order chi connectivity index (χ1) is 11.9. The van der Waals surface area contributed by atoms with Gasteiger partial charge in [0, 0.05) is 5.25 Å². The Morgan fingerprint density at radius 1 is 0.692 bits per heavy atom. The fourth-order valence-electron chi connectivity index (χ4n) is 3.33. The van der Waals surface area contributed by atoms with Crippen LogP contribution in [0.3, 0.4) is 0 Å². The molecule has 0 radical (unpaired) electrons. The van der Waals surface area contributed by atoms with Gasteiger partial charge in [-0.2, -0.15) is 0 Å². The maximum Gasteiger partial charge on any atom is 1.00 e. The number of unbranched alkanes of at least 4 members (excludes halogenated alkanes) is 10. The van der Waals surface area contributed by atoms with Gasteiger partial charge >= 0.3 is 29.6 Å². The van der Waals surface area contributed by atoms with Gasteiger partial charge in [0.2, 0.25) is 0 Å². The molecule has 0 spiro atoms. The molecule has 0 heterocycles. The van der Waals surface area contributed by atoms with Gasteiger partial charge in [0.15, 0.2) is 0 Å². The molecule has 0 aromatic carbocycles. The van der Waals surface area contributed by atoms with Crippen molar-refractivity contribution in [2.24, 2.45) is 0 Å². The van der Waals surface area contributed by atoms with Gasteiger partial charge in [-0.3, -0.25) is 0 Å². The molecule has 0 saturated heterocycles. The molecular weight excluding hydrogens is 359 g/mol. The fourth-order valence-corrected chi connectivity index (χ4v) is 4.21. The van der Waals surface area contributed by atoms with Crippen molar-refractivity contribution < 1.29 is 47.6 Å². The van der Waals surface area contributed by atoms with Crippen molar-refractivity contribution in [3.63, 3.8) is 0 Å². The maximum atomic E-state index is 11.4. The van der Waals surface area contributed by atoms with Crippen LogP contribution in [0.5, 0.6) is 0 Å². The minimum Gasteiger partial charge on any atom is -0.748 e. The summed E-state index contributed by atoms with van der Waals surface area (Å²) in [7, 11) is -4.25. The molecule has 0 fully saturated rings. The summed E-state index contributed by atoms with van der Waals surface area (Å²) in [5.41, 5.74) is 0. The number of aliphatic hydroxyl groups is 1. The van der Waals surface area contributed by atoms with E-state index in [-0.39, 0.29) is 29.6 Å². The van der Waals surface area contributed by atoms with Crippen molar-refractivity contribution in [3.8, 4) is 0 Å². The standard InChI is InChI=1S/C20H42O4S.Na/c1-3-5-6-7-8-9-10-11-12-13-14-16-20(25(22,23)24)18-17-19(21)15-4-2;/h19-21H,3-18H2,1-2H3,(H,22,23,24);/q;+1/p-1. The van der Waals surface area contributed by atoms with Crippen LogP contribution in [0, 0.1) is 0 Å². The second-order valence-corrected chi connectivity index (χ2v) is 9.11. The Labute approximate surface area is 185 Å². The van der Waals surface area contributed by atoms with Gasteiger partial charge < -0.3 is 9.66 Å². The number of aliphatic hydroxyl groups excluding tert-OH is 1. The molecule has 0 saturated carbocycles. The smallest absolute Gasteiger partial charge is 0.748 e. The zero-order valence-corrected chi connectivity index (χ0v) is 20.4. The molecule has 0 aliphatic carbocycles. The monoisotopic (exact) mass is 400 g/mol. The first-order valence-electron chi connectivity index (χ1n) is 10.5. The Kier molecular flexibility index (Phi) is 21.5. The van der Waals surface area contributed by atoms with E-state index in [1.54, 1.807) is 0 Å². The zero-order chi connectivity index (χ0) is 19.0. The van der Waals surface area contributed by atoms with E-state index < -0.39 is 21.5 Å². The quantitative estimate of drug-likeness (QED) is 0.218. The first kappa shape index (κ1) is 29.1. The van der Waals surface area contributed by atoms with Crippen LogP contribution < -0.4 is 29.6 Å². The largest absolute Gasteiger partial charge is 1.00 e. The van der Waals surface area contributed by atoms with Crippen LogP contribution in [0.2, 0.25) is 0 Å². The van der Waals surface area contributed by atoms with E-state index in [0.29, 0.717) is 25.7 Å². The third-order valence-corrected chi connectivity index (χ3v) is 6.27. The molecule has 4 nitrogen and oxygen atoms in total. The molecule has 0 rings (SSSR count). The predicted octanol–water partition coefficient (Wildman–Crippen LogP) is 2.55. The number of hydrogen-bond acceptors (Lipinski definition) is 4. The Balaban J connectivity index is 0. The summed E-state index contributed by atoms with van der Waals surface area (Å²) in [6.07, 6.45) is 15.6. The third kappa shape index (κ3) is 18.2. The Hall–Kier alpha value is 0.870. The van der Waals surface area contributed by atoms with E-state index in [1.165, 1.54) is 51.4 Å². The van der Waals surface area contributed by atoms with Crippen LogP contribution in [-0.4, -0.2) is 29.4 Å². The number of rotatable bonds is 18. The molecule has 0 aromatic rings. The van der Waals surface area contributed by atoms with Crippen LogP contribution in [0.15, 0.2) is 0 Å². The maximum absolute atomic E-state index is 11.4. The van der Waals surface area contributed by atoms with Crippen LogP contribution in [-0.2, 0) is 10.1 Å². The zero-order valence-electron chi connectivity index (χ0n) is 17.5. The SMILES string of the molecule is CCCCCCCCCCCCCC(CCC(O)CCC)S(=O)(=O)[O-].[Na+]. The van der Waals surface area contributed by atoms with E-state index in [9.17, 15) is 18.1 Å². The molecule has 0 bridgehead atoms. The van der Waals surface area contributed by atoms with Crippen LogP contribution in [0.1, 0.15) is 117 Å². The van der Waals surface area contributed by atoms with Gasteiger partial charge in [-0.1, -0.05) is 90.9 Å². The average molecular weight is 401 g/mol. The van der Waals surface area contributed by atoms with Crippen molar-refractivity contribution in [1.82, 2.24) is 0 Å². The van der Waals surface area contributed by atoms with Crippen molar-refractivity contribution in [2.75, 3.05) is 0 Å². The van der Waals surface area contributed by atoms with Gasteiger partial charge in [0.1, 0.15) is 0 Å². The summed E-state index contributed by atoms with van der Waals surface area (Å²) in [5, 5.41) is 8.91. The molecule has 2 atom stereocenters. The fraction of sp³-hybridized carbons (Fsp3) is 1.00. The molecule has 0 aliphatic rings. The summed E-state index contributed by atoms with van der Waals surface area (Å²) < 4.78 is 34.1. The normalized spacial score (nSPS) is 14.0. The molecule has 0 amide bonds. The topological polar surface area (TPSA) is 77.4 Å². The second kappa shape index (κ2) is 19.2. The molecule has 26 heavy (non-hydrogen) atoms. The van der Waals surface area contributed by atoms with Crippen LogP contribution in [0.4, 0.5) is 0 Å². The summed E-state index contributed by atoms with van der Waals surface area (Å²) in [6.45, 7) is 4.21. The third-order valence-electron chi connectivity index (χ3n) is 4.98. The molecule has 152 valence electrons. The first-order valence-corrected chi connectivity index (χ1v) is 12.0. The molecule has 1 N–H and O–H groups in total. The van der Waals surface area contributed by atoms with E-state index in [2.05, 4.69) is 6.92 Å². The van der Waals surface area contributed by atoms with Gasteiger partial charge in [-0.15, -0.1) is 0 Å². The van der Waals surface area contributed by atoms with Crippen molar-refractivity contribution >= 4 is 10.1 Å². The van der Waals surface area contributed by atoms with Gasteiger partial charge in [0.05, 0.1) is 16.2 Å². The Bertz CT molecular complexity index is 387. The van der Waals surface area contributed by atoms with E-state index in [4.69, 9.17) is 0 Å². The number of hydrogen-bond donors (Lipinski definition) is 1. The van der Waals surface area contributed by atoms with Gasteiger partial charge in [-0.05, 0) is 25.7 Å². The minimum atomic E-state index is -4.25. The molecule has 0 aliphatic heterocycles. The van der Waals surface area contributed by atoms with E-state index >= 15 is 0 Å². The molecule has 2 unspecified atom stereocenters. The van der Waals surface area contributed by atoms with Crippen molar-refractivity contribution in [1.29, 1.82) is 0 Å². The summed E-state index contributed by atoms with van der Waals surface area (Å²) >= 11 is 0.